The molecule has 31 heavy (non-hydrogen) atoms. The van der Waals surface area contributed by atoms with E-state index >= 15 is 0 Å². The van der Waals surface area contributed by atoms with Gasteiger partial charge in [-0.15, -0.1) is 0 Å². The van der Waals surface area contributed by atoms with Crippen molar-refractivity contribution in [2.45, 2.75) is 25.8 Å². The maximum atomic E-state index is 13.0. The molecule has 168 valence electrons. The molecule has 0 spiro atoms. The third kappa shape index (κ3) is 5.98. The lowest BCUT2D eigenvalue weighted by Gasteiger charge is -2.36. The van der Waals surface area contributed by atoms with Crippen LogP contribution in [0.4, 0.5) is 5.69 Å². The van der Waals surface area contributed by atoms with E-state index < -0.39 is 28.1 Å². The zero-order valence-corrected chi connectivity index (χ0v) is 19.0. The number of hydrogen-bond donors (Lipinski definition) is 2. The summed E-state index contributed by atoms with van der Waals surface area (Å²) >= 11 is 5.94. The maximum Gasteiger partial charge on any atom is 0.322 e. The van der Waals surface area contributed by atoms with Gasteiger partial charge >= 0.3 is 5.97 Å². The molecule has 1 fully saturated rings. The van der Waals surface area contributed by atoms with E-state index in [4.69, 9.17) is 11.6 Å². The van der Waals surface area contributed by atoms with Gasteiger partial charge in [0, 0.05) is 42.8 Å². The molecular weight excluding hydrogens is 438 g/mol. The van der Waals surface area contributed by atoms with E-state index in [1.807, 2.05) is 49.4 Å². The summed E-state index contributed by atoms with van der Waals surface area (Å²) in [5.74, 6) is -1.61. The Kier molecular flexibility index (Phi) is 7.94. The molecule has 0 radical (unpaired) electrons. The zero-order valence-electron chi connectivity index (χ0n) is 17.4. The molecule has 1 aliphatic heterocycles. The molecule has 1 aromatic rings. The number of carboxylic acids is 1. The Balaban J connectivity index is 1.69. The van der Waals surface area contributed by atoms with Gasteiger partial charge in [-0.25, -0.2) is 0 Å². The molecule has 9 heteroatoms. The van der Waals surface area contributed by atoms with Crippen LogP contribution in [-0.4, -0.2) is 56.0 Å². The molecule has 3 rings (SSSR count). The molecule has 1 aromatic carbocycles. The van der Waals surface area contributed by atoms with Gasteiger partial charge in [0.15, 0.2) is 0 Å². The second-order valence-electron chi connectivity index (χ2n) is 7.57. The van der Waals surface area contributed by atoms with Crippen LogP contribution in [-0.2, 0) is 15.0 Å². The van der Waals surface area contributed by atoms with E-state index in [1.54, 1.807) is 12.1 Å². The van der Waals surface area contributed by atoms with Crippen molar-refractivity contribution in [1.29, 1.82) is 0 Å². The van der Waals surface area contributed by atoms with E-state index in [9.17, 15) is 18.3 Å². The predicted octanol–water partition coefficient (Wildman–Crippen LogP) is 3.22. The van der Waals surface area contributed by atoms with Crippen molar-refractivity contribution in [3.8, 4) is 0 Å². The summed E-state index contributed by atoms with van der Waals surface area (Å²) in [6.07, 6.45) is 10.6. The van der Waals surface area contributed by atoms with Crippen LogP contribution in [0.1, 0.15) is 19.8 Å². The van der Waals surface area contributed by atoms with E-state index in [0.717, 1.165) is 11.3 Å². The molecule has 1 saturated heterocycles. The largest absolute Gasteiger partial charge is 0.480 e. The van der Waals surface area contributed by atoms with Crippen molar-refractivity contribution in [1.82, 2.24) is 9.03 Å². The van der Waals surface area contributed by atoms with E-state index in [2.05, 4.69) is 9.62 Å². The fraction of sp³-hybridized carbons (Fsp3) is 0.409. The molecule has 2 unspecified atom stereocenters. The highest BCUT2D eigenvalue weighted by molar-refractivity contribution is 7.87. The number of carbonyl (C=O) groups is 1. The normalized spacial score (nSPS) is 19.5. The standard InChI is InChI=1S/C22H28ClN3O4S/c1-2-20(17-7-5-3-4-6-8-17)21(22(27)28)24-31(29,30)26-15-13-25(14-16-26)19-11-9-18(23)10-12-19/h3-7,9-12,20-21,24H,2,8,13-16H2,1H3,(H,27,28). The molecule has 0 bridgehead atoms. The average Bonchev–Trinajstić information content (AvgIpc) is 3.03. The molecule has 1 aliphatic carbocycles. The first kappa shape index (κ1) is 23.5. The Bertz CT molecular complexity index is 965. The third-order valence-electron chi connectivity index (χ3n) is 5.65. The molecular formula is C22H28ClN3O4S. The smallest absolute Gasteiger partial charge is 0.322 e. The first-order valence-electron chi connectivity index (χ1n) is 10.3. The average molecular weight is 466 g/mol. The van der Waals surface area contributed by atoms with Gasteiger partial charge in [0.25, 0.3) is 10.2 Å². The molecule has 1 heterocycles. The summed E-state index contributed by atoms with van der Waals surface area (Å²) in [6, 6.07) is 6.18. The van der Waals surface area contributed by atoms with Gasteiger partial charge in [-0.1, -0.05) is 54.5 Å². The topological polar surface area (TPSA) is 90.0 Å². The highest BCUT2D eigenvalue weighted by Gasteiger charge is 2.36. The number of halogens is 1. The molecule has 2 atom stereocenters. The van der Waals surface area contributed by atoms with Gasteiger partial charge in [0.2, 0.25) is 0 Å². The van der Waals surface area contributed by atoms with Crippen LogP contribution in [0.15, 0.2) is 60.2 Å². The van der Waals surface area contributed by atoms with Gasteiger partial charge in [-0.2, -0.15) is 17.4 Å². The fourth-order valence-electron chi connectivity index (χ4n) is 3.96. The minimum absolute atomic E-state index is 0.273. The summed E-state index contributed by atoms with van der Waals surface area (Å²) < 4.78 is 29.8. The van der Waals surface area contributed by atoms with Crippen LogP contribution in [0.5, 0.6) is 0 Å². The number of allylic oxidation sites excluding steroid dienone is 5. The lowest BCUT2D eigenvalue weighted by atomic mass is 9.87. The van der Waals surface area contributed by atoms with E-state index in [-0.39, 0.29) is 13.1 Å². The zero-order chi connectivity index (χ0) is 22.4. The third-order valence-corrected chi connectivity index (χ3v) is 7.50. The highest BCUT2D eigenvalue weighted by atomic mass is 35.5. The number of aliphatic carboxylic acids is 1. The summed E-state index contributed by atoms with van der Waals surface area (Å²) in [4.78, 5) is 14.1. The van der Waals surface area contributed by atoms with Gasteiger partial charge in [-0.3, -0.25) is 4.79 Å². The molecule has 0 saturated carbocycles. The lowest BCUT2D eigenvalue weighted by molar-refractivity contribution is -0.140. The van der Waals surface area contributed by atoms with E-state index in [1.165, 1.54) is 4.31 Å². The minimum atomic E-state index is -3.95. The first-order valence-corrected chi connectivity index (χ1v) is 12.2. The van der Waals surface area contributed by atoms with Gasteiger partial charge in [0.1, 0.15) is 6.04 Å². The van der Waals surface area contributed by atoms with Crippen LogP contribution < -0.4 is 9.62 Å². The molecule has 2 N–H and O–H groups in total. The lowest BCUT2D eigenvalue weighted by Crippen LogP contribution is -2.56. The fourth-order valence-corrected chi connectivity index (χ4v) is 5.46. The number of benzene rings is 1. The van der Waals surface area contributed by atoms with Crippen molar-refractivity contribution < 1.29 is 18.3 Å². The number of piperazine rings is 1. The Labute approximate surface area is 188 Å². The first-order chi connectivity index (χ1) is 14.8. The Morgan fingerprint density at radius 1 is 1.13 bits per heavy atom. The van der Waals surface area contributed by atoms with Crippen LogP contribution >= 0.6 is 11.6 Å². The summed E-state index contributed by atoms with van der Waals surface area (Å²) in [5.41, 5.74) is 1.88. The molecule has 0 amide bonds. The van der Waals surface area contributed by atoms with Crippen LogP contribution in [0.25, 0.3) is 0 Å². The molecule has 7 nitrogen and oxygen atoms in total. The molecule has 2 aliphatic rings. The minimum Gasteiger partial charge on any atom is -0.480 e. The van der Waals surface area contributed by atoms with Crippen molar-refractivity contribution in [3.63, 3.8) is 0 Å². The number of carboxylic acid groups (broad SMARTS) is 1. The van der Waals surface area contributed by atoms with Gasteiger partial charge in [-0.05, 0) is 37.1 Å². The van der Waals surface area contributed by atoms with Crippen LogP contribution in [0.2, 0.25) is 5.02 Å². The van der Waals surface area contributed by atoms with Crippen LogP contribution in [0.3, 0.4) is 0 Å². The summed E-state index contributed by atoms with van der Waals surface area (Å²) in [5, 5.41) is 10.5. The monoisotopic (exact) mass is 465 g/mol. The van der Waals surface area contributed by atoms with Crippen molar-refractivity contribution in [3.05, 3.63) is 65.2 Å². The number of hydrogen-bond acceptors (Lipinski definition) is 4. The summed E-state index contributed by atoms with van der Waals surface area (Å²) in [6.45, 7) is 3.44. The molecule has 0 aromatic heterocycles. The predicted molar refractivity (Wildman–Crippen MR) is 123 cm³/mol. The van der Waals surface area contributed by atoms with Gasteiger partial charge in [0.05, 0.1) is 0 Å². The van der Waals surface area contributed by atoms with Crippen LogP contribution in [0, 0.1) is 5.92 Å². The number of nitrogens with zero attached hydrogens (tertiary/aromatic N) is 2. The number of rotatable bonds is 8. The van der Waals surface area contributed by atoms with E-state index in [0.29, 0.717) is 31.0 Å². The maximum absolute atomic E-state index is 13.0. The Morgan fingerprint density at radius 2 is 1.81 bits per heavy atom. The SMILES string of the molecule is CCC(C1=CC=CC=CC1)C(NS(=O)(=O)N1CCN(c2ccc(Cl)cc2)CC1)C(=O)O. The quantitative estimate of drug-likeness (QED) is 0.615. The van der Waals surface area contributed by atoms with Crippen molar-refractivity contribution in [2.24, 2.45) is 5.92 Å². The van der Waals surface area contributed by atoms with Crippen molar-refractivity contribution in [2.75, 3.05) is 31.1 Å². The Morgan fingerprint density at radius 3 is 2.42 bits per heavy atom. The Hall–Kier alpha value is -2.13. The number of anilines is 1. The number of nitrogens with one attached hydrogen (secondary N) is 1. The second-order valence-corrected chi connectivity index (χ2v) is 9.71. The second kappa shape index (κ2) is 10.5. The summed E-state index contributed by atoms with van der Waals surface area (Å²) in [7, 11) is -3.95. The van der Waals surface area contributed by atoms with Gasteiger partial charge < -0.3 is 10.0 Å². The highest BCUT2D eigenvalue weighted by Crippen LogP contribution is 2.26. The van der Waals surface area contributed by atoms with Crippen molar-refractivity contribution >= 4 is 33.5 Å².